The fourth-order valence-corrected chi connectivity index (χ4v) is 2.75. The molecule has 1 aromatic heterocycles. The predicted octanol–water partition coefficient (Wildman–Crippen LogP) is 1.99. The third-order valence-electron chi connectivity index (χ3n) is 2.54. The molecule has 0 spiro atoms. The van der Waals surface area contributed by atoms with Gasteiger partial charge in [-0.3, -0.25) is 9.19 Å². The number of hydrogen-bond acceptors (Lipinski definition) is 3. The highest BCUT2D eigenvalue weighted by Gasteiger charge is 2.08. The molecule has 0 bridgehead atoms. The number of pyridine rings is 1. The summed E-state index contributed by atoms with van der Waals surface area (Å²) in [5, 5.41) is 0. The van der Waals surface area contributed by atoms with Gasteiger partial charge in [0.05, 0.1) is 22.2 Å². The second-order valence-electron chi connectivity index (χ2n) is 3.76. The molecule has 5 heteroatoms. The lowest BCUT2D eigenvalue weighted by atomic mass is 10.2. The highest BCUT2D eigenvalue weighted by Crippen LogP contribution is 2.14. The van der Waals surface area contributed by atoms with Gasteiger partial charge < -0.3 is 5.73 Å². The van der Waals surface area contributed by atoms with Gasteiger partial charge in [-0.25, -0.2) is 4.39 Å². The summed E-state index contributed by atoms with van der Waals surface area (Å²) in [7, 11) is -1.22. The van der Waals surface area contributed by atoms with Crippen LogP contribution in [-0.2, 0) is 23.1 Å². The molecule has 1 atom stereocenters. The van der Waals surface area contributed by atoms with Crippen molar-refractivity contribution in [1.82, 2.24) is 4.98 Å². The maximum absolute atomic E-state index is 12.8. The second kappa shape index (κ2) is 5.84. The van der Waals surface area contributed by atoms with Crippen LogP contribution in [0.15, 0.2) is 47.5 Å². The lowest BCUT2D eigenvalue weighted by Gasteiger charge is -2.06. The van der Waals surface area contributed by atoms with E-state index >= 15 is 0 Å². The molecular formula is C13H13FN2OS. The third-order valence-corrected chi connectivity index (χ3v) is 3.91. The molecule has 0 aliphatic rings. The summed E-state index contributed by atoms with van der Waals surface area (Å²) < 4.78 is 24.9. The Morgan fingerprint density at radius 2 is 1.94 bits per heavy atom. The minimum atomic E-state index is -1.22. The van der Waals surface area contributed by atoms with Gasteiger partial charge in [0.1, 0.15) is 5.82 Å². The van der Waals surface area contributed by atoms with E-state index in [1.807, 2.05) is 6.07 Å². The molecule has 0 saturated heterocycles. The quantitative estimate of drug-likeness (QED) is 0.918. The molecule has 0 fully saturated rings. The molecule has 0 aliphatic carbocycles. The summed E-state index contributed by atoms with van der Waals surface area (Å²) in [4.78, 5) is 4.74. The van der Waals surface area contributed by atoms with Crippen molar-refractivity contribution in [1.29, 1.82) is 0 Å². The normalized spacial score (nSPS) is 12.3. The van der Waals surface area contributed by atoms with Crippen molar-refractivity contribution < 1.29 is 8.60 Å². The summed E-state index contributed by atoms with van der Waals surface area (Å²) in [6, 6.07) is 9.32. The first kappa shape index (κ1) is 12.9. The Morgan fingerprint density at radius 1 is 1.22 bits per heavy atom. The van der Waals surface area contributed by atoms with E-state index in [4.69, 9.17) is 5.73 Å². The first-order chi connectivity index (χ1) is 8.70. The van der Waals surface area contributed by atoms with E-state index < -0.39 is 10.8 Å². The van der Waals surface area contributed by atoms with Gasteiger partial charge in [-0.05, 0) is 35.9 Å². The Morgan fingerprint density at radius 3 is 2.61 bits per heavy atom. The Balaban J connectivity index is 2.18. The van der Waals surface area contributed by atoms with Crippen LogP contribution in [0.1, 0.15) is 11.3 Å². The molecular weight excluding hydrogens is 251 g/mol. The van der Waals surface area contributed by atoms with Crippen LogP contribution in [0.25, 0.3) is 0 Å². The minimum absolute atomic E-state index is 0.316. The lowest BCUT2D eigenvalue weighted by Crippen LogP contribution is -2.06. The van der Waals surface area contributed by atoms with Gasteiger partial charge >= 0.3 is 0 Å². The van der Waals surface area contributed by atoms with E-state index in [0.717, 1.165) is 11.3 Å². The van der Waals surface area contributed by atoms with Crippen molar-refractivity contribution in [2.75, 3.05) is 0 Å². The highest BCUT2D eigenvalue weighted by atomic mass is 32.2. The van der Waals surface area contributed by atoms with Gasteiger partial charge in [-0.15, -0.1) is 0 Å². The van der Waals surface area contributed by atoms with Gasteiger partial charge in [-0.2, -0.15) is 0 Å². The molecule has 2 aromatic rings. The van der Waals surface area contributed by atoms with Crippen LogP contribution in [-0.4, -0.2) is 9.19 Å². The Labute approximate surface area is 107 Å². The zero-order chi connectivity index (χ0) is 13.0. The molecule has 18 heavy (non-hydrogen) atoms. The van der Waals surface area contributed by atoms with Crippen LogP contribution < -0.4 is 5.73 Å². The van der Waals surface area contributed by atoms with E-state index in [1.165, 1.54) is 24.3 Å². The first-order valence-corrected chi connectivity index (χ1v) is 6.79. The number of aromatic nitrogens is 1. The number of nitrogens with two attached hydrogens (primary N) is 1. The van der Waals surface area contributed by atoms with Gasteiger partial charge in [0, 0.05) is 17.6 Å². The van der Waals surface area contributed by atoms with Crippen molar-refractivity contribution in [3.8, 4) is 0 Å². The summed E-state index contributed by atoms with van der Waals surface area (Å²) in [6.07, 6.45) is 1.66. The summed E-state index contributed by atoms with van der Waals surface area (Å²) >= 11 is 0. The van der Waals surface area contributed by atoms with E-state index in [-0.39, 0.29) is 5.82 Å². The van der Waals surface area contributed by atoms with Crippen LogP contribution >= 0.6 is 0 Å². The van der Waals surface area contributed by atoms with Crippen molar-refractivity contribution in [2.24, 2.45) is 5.73 Å². The number of halogens is 1. The minimum Gasteiger partial charge on any atom is -0.325 e. The van der Waals surface area contributed by atoms with Crippen LogP contribution in [0.5, 0.6) is 0 Å². The first-order valence-electron chi connectivity index (χ1n) is 5.47. The molecule has 1 unspecified atom stereocenters. The highest BCUT2D eigenvalue weighted by molar-refractivity contribution is 7.84. The van der Waals surface area contributed by atoms with Crippen LogP contribution in [0.3, 0.4) is 0 Å². The lowest BCUT2D eigenvalue weighted by molar-refractivity contribution is 0.626. The number of rotatable bonds is 4. The Bertz CT molecular complexity index is 557. The van der Waals surface area contributed by atoms with Crippen LogP contribution in [0.4, 0.5) is 4.39 Å². The smallest absolute Gasteiger partial charge is 0.123 e. The largest absolute Gasteiger partial charge is 0.325 e. The number of benzene rings is 1. The molecule has 94 valence electrons. The molecule has 1 heterocycles. The molecule has 0 aliphatic heterocycles. The summed E-state index contributed by atoms with van der Waals surface area (Å²) in [6.45, 7) is 0.316. The molecule has 2 rings (SSSR count). The van der Waals surface area contributed by atoms with Crippen molar-refractivity contribution in [2.45, 2.75) is 17.2 Å². The van der Waals surface area contributed by atoms with Gasteiger partial charge in [-0.1, -0.05) is 6.07 Å². The third kappa shape index (κ3) is 3.00. The van der Waals surface area contributed by atoms with E-state index in [9.17, 15) is 8.60 Å². The van der Waals surface area contributed by atoms with E-state index in [2.05, 4.69) is 4.98 Å². The molecule has 0 saturated carbocycles. The fourth-order valence-electron chi connectivity index (χ4n) is 1.60. The maximum atomic E-state index is 12.8. The number of hydrogen-bond donors (Lipinski definition) is 1. The molecule has 3 nitrogen and oxygen atoms in total. The van der Waals surface area contributed by atoms with E-state index in [0.29, 0.717) is 17.2 Å². The molecule has 0 amide bonds. The van der Waals surface area contributed by atoms with Gasteiger partial charge in [0.25, 0.3) is 0 Å². The standard InChI is InChI=1S/C13H13FN2OS/c14-11-3-5-12(6-4-11)18(17)9-10-2-1-7-16-13(10)8-15/h1-7H,8-9,15H2. The van der Waals surface area contributed by atoms with Crippen molar-refractivity contribution in [3.05, 3.63) is 59.7 Å². The molecule has 0 radical (unpaired) electrons. The van der Waals surface area contributed by atoms with E-state index in [1.54, 1.807) is 12.3 Å². The Kier molecular flexibility index (Phi) is 4.17. The van der Waals surface area contributed by atoms with Crippen LogP contribution in [0, 0.1) is 5.82 Å². The topological polar surface area (TPSA) is 56.0 Å². The number of nitrogens with zero attached hydrogens (tertiary/aromatic N) is 1. The van der Waals surface area contributed by atoms with Crippen molar-refractivity contribution >= 4 is 10.8 Å². The summed E-state index contributed by atoms with van der Waals surface area (Å²) in [5.41, 5.74) is 7.18. The van der Waals surface area contributed by atoms with Crippen LogP contribution in [0.2, 0.25) is 0 Å². The second-order valence-corrected chi connectivity index (χ2v) is 5.21. The molecule has 2 N–H and O–H groups in total. The maximum Gasteiger partial charge on any atom is 0.123 e. The molecule has 1 aromatic carbocycles. The van der Waals surface area contributed by atoms with Gasteiger partial charge in [0.15, 0.2) is 0 Å². The fraction of sp³-hybridized carbons (Fsp3) is 0.154. The monoisotopic (exact) mass is 264 g/mol. The zero-order valence-electron chi connectivity index (χ0n) is 9.67. The average Bonchev–Trinajstić information content (AvgIpc) is 2.40. The van der Waals surface area contributed by atoms with Gasteiger partial charge in [0.2, 0.25) is 0 Å². The van der Waals surface area contributed by atoms with Crippen molar-refractivity contribution in [3.63, 3.8) is 0 Å². The SMILES string of the molecule is NCc1ncccc1CS(=O)c1ccc(F)cc1. The Hall–Kier alpha value is -1.59. The average molecular weight is 264 g/mol. The zero-order valence-corrected chi connectivity index (χ0v) is 10.5. The predicted molar refractivity (Wildman–Crippen MR) is 68.6 cm³/mol. The summed E-state index contributed by atoms with van der Waals surface area (Å²) in [5.74, 6) is 0.00575.